The molecule has 6 heteroatoms. The van der Waals surface area contributed by atoms with E-state index in [4.69, 9.17) is 34.8 Å². The number of nitrogens with zero attached hydrogens (tertiary/aromatic N) is 2. The van der Waals surface area contributed by atoms with Crippen molar-refractivity contribution in [1.82, 2.24) is 9.97 Å². The van der Waals surface area contributed by atoms with Gasteiger partial charge in [-0.2, -0.15) is 0 Å². The molecule has 1 aliphatic carbocycles. The fraction of sp³-hybridized carbons (Fsp3) is 0.286. The van der Waals surface area contributed by atoms with E-state index in [1.54, 1.807) is 18.2 Å². The molecule has 1 fully saturated rings. The Balaban J connectivity index is 1.99. The third-order valence-corrected chi connectivity index (χ3v) is 4.16. The van der Waals surface area contributed by atoms with Crippen molar-refractivity contribution in [3.05, 3.63) is 44.8 Å². The summed E-state index contributed by atoms with van der Waals surface area (Å²) < 4.78 is 0. The molecule has 1 N–H and O–H groups in total. The molecular weight excluding hydrogens is 317 g/mol. The van der Waals surface area contributed by atoms with Crippen LogP contribution in [-0.4, -0.2) is 9.97 Å². The zero-order chi connectivity index (χ0) is 14.3. The first kappa shape index (κ1) is 13.9. The van der Waals surface area contributed by atoms with Crippen LogP contribution in [0, 0.1) is 6.92 Å². The molecule has 3 nitrogen and oxygen atoms in total. The highest BCUT2D eigenvalue weighted by Crippen LogP contribution is 2.40. The van der Waals surface area contributed by atoms with Crippen LogP contribution >= 0.6 is 34.8 Å². The minimum Gasteiger partial charge on any atom is -0.339 e. The van der Waals surface area contributed by atoms with Crippen molar-refractivity contribution in [3.8, 4) is 0 Å². The highest BCUT2D eigenvalue weighted by molar-refractivity contribution is 6.35. The van der Waals surface area contributed by atoms with Crippen LogP contribution in [0.25, 0.3) is 0 Å². The number of nitrogens with one attached hydrogen (secondary N) is 1. The lowest BCUT2D eigenvalue weighted by Gasteiger charge is -2.12. The third kappa shape index (κ3) is 2.85. The molecule has 0 radical (unpaired) electrons. The van der Waals surface area contributed by atoms with Gasteiger partial charge >= 0.3 is 0 Å². The van der Waals surface area contributed by atoms with Crippen LogP contribution in [-0.2, 0) is 0 Å². The van der Waals surface area contributed by atoms with Gasteiger partial charge in [-0.3, -0.25) is 0 Å². The molecule has 1 saturated carbocycles. The number of hydrogen-bond donors (Lipinski definition) is 1. The summed E-state index contributed by atoms with van der Waals surface area (Å²) in [5, 5.41) is 4.86. The topological polar surface area (TPSA) is 37.8 Å². The maximum absolute atomic E-state index is 6.18. The molecule has 0 bridgehead atoms. The lowest BCUT2D eigenvalue weighted by atomic mass is 10.2. The van der Waals surface area contributed by atoms with Crippen LogP contribution in [0.5, 0.6) is 0 Å². The van der Waals surface area contributed by atoms with E-state index in [1.807, 2.05) is 6.92 Å². The van der Waals surface area contributed by atoms with E-state index in [2.05, 4.69) is 15.3 Å². The average Bonchev–Trinajstić information content (AvgIpc) is 3.23. The summed E-state index contributed by atoms with van der Waals surface area (Å²) in [5.74, 6) is 1.90. The molecule has 1 aliphatic rings. The number of rotatable bonds is 3. The molecule has 1 heterocycles. The first-order valence-electron chi connectivity index (χ1n) is 6.30. The molecule has 2 aromatic rings. The molecule has 0 aliphatic heterocycles. The predicted octanol–water partition coefficient (Wildman–Crippen LogP) is 5.37. The second-order valence-electron chi connectivity index (χ2n) is 4.87. The molecule has 0 spiro atoms. The predicted molar refractivity (Wildman–Crippen MR) is 83.5 cm³/mol. The summed E-state index contributed by atoms with van der Waals surface area (Å²) in [6.45, 7) is 1.87. The van der Waals surface area contributed by atoms with Crippen LogP contribution in [0.2, 0.25) is 15.2 Å². The molecule has 104 valence electrons. The summed E-state index contributed by atoms with van der Waals surface area (Å²) in [7, 11) is 0. The molecule has 1 aromatic carbocycles. The van der Waals surface area contributed by atoms with E-state index >= 15 is 0 Å². The molecular formula is C14H12Cl3N3. The Bertz CT molecular complexity index is 669. The van der Waals surface area contributed by atoms with Gasteiger partial charge in [0.25, 0.3) is 0 Å². The van der Waals surface area contributed by atoms with Gasteiger partial charge in [0.05, 0.1) is 10.7 Å². The molecule has 0 unspecified atom stereocenters. The number of benzene rings is 1. The van der Waals surface area contributed by atoms with Gasteiger partial charge < -0.3 is 5.32 Å². The monoisotopic (exact) mass is 327 g/mol. The first-order chi connectivity index (χ1) is 9.54. The first-order valence-corrected chi connectivity index (χ1v) is 7.44. The minimum atomic E-state index is 0.434. The van der Waals surface area contributed by atoms with Gasteiger partial charge in [0, 0.05) is 16.5 Å². The zero-order valence-electron chi connectivity index (χ0n) is 10.8. The second-order valence-corrected chi connectivity index (χ2v) is 6.07. The van der Waals surface area contributed by atoms with Gasteiger partial charge in [0.1, 0.15) is 16.8 Å². The fourth-order valence-electron chi connectivity index (χ4n) is 1.87. The van der Waals surface area contributed by atoms with E-state index in [-0.39, 0.29) is 0 Å². The van der Waals surface area contributed by atoms with Crippen molar-refractivity contribution in [1.29, 1.82) is 0 Å². The molecule has 3 rings (SSSR count). The number of halogens is 3. The third-order valence-electron chi connectivity index (χ3n) is 3.23. The largest absolute Gasteiger partial charge is 0.339 e. The van der Waals surface area contributed by atoms with Gasteiger partial charge in [0.2, 0.25) is 0 Å². The van der Waals surface area contributed by atoms with E-state index in [9.17, 15) is 0 Å². The smallest absolute Gasteiger partial charge is 0.138 e. The summed E-state index contributed by atoms with van der Waals surface area (Å²) in [6, 6.07) is 5.24. The molecule has 0 saturated heterocycles. The van der Waals surface area contributed by atoms with Gasteiger partial charge in [-0.1, -0.05) is 34.8 Å². The number of anilines is 2. The molecule has 0 amide bonds. The Morgan fingerprint density at radius 3 is 2.60 bits per heavy atom. The van der Waals surface area contributed by atoms with E-state index < -0.39 is 0 Å². The average molecular weight is 329 g/mol. The second kappa shape index (κ2) is 5.40. The maximum atomic E-state index is 6.18. The Morgan fingerprint density at radius 1 is 1.15 bits per heavy atom. The highest BCUT2D eigenvalue weighted by Gasteiger charge is 2.28. The van der Waals surface area contributed by atoms with Crippen molar-refractivity contribution in [2.24, 2.45) is 0 Å². The number of aromatic nitrogens is 2. The molecule has 1 aromatic heterocycles. The zero-order valence-corrected chi connectivity index (χ0v) is 13.0. The van der Waals surface area contributed by atoms with Crippen molar-refractivity contribution >= 4 is 46.3 Å². The van der Waals surface area contributed by atoms with Crippen LogP contribution in [0.4, 0.5) is 11.5 Å². The Labute approximate surface area is 132 Å². The maximum Gasteiger partial charge on any atom is 0.138 e. The fourth-order valence-corrected chi connectivity index (χ4v) is 2.39. The molecule has 0 atom stereocenters. The lowest BCUT2D eigenvalue weighted by Crippen LogP contribution is -2.03. The summed E-state index contributed by atoms with van der Waals surface area (Å²) in [4.78, 5) is 8.89. The SMILES string of the molecule is Cc1c(Cl)nc(C2CC2)nc1Nc1cc(Cl)ccc1Cl. The van der Waals surface area contributed by atoms with Crippen molar-refractivity contribution in [2.45, 2.75) is 25.7 Å². The Morgan fingerprint density at radius 2 is 1.90 bits per heavy atom. The summed E-state index contributed by atoms with van der Waals surface area (Å²) in [5.41, 5.74) is 1.51. The van der Waals surface area contributed by atoms with E-state index in [0.717, 1.165) is 24.2 Å². The Kier molecular flexibility index (Phi) is 3.76. The lowest BCUT2D eigenvalue weighted by molar-refractivity contribution is 0.922. The quantitative estimate of drug-likeness (QED) is 0.770. The van der Waals surface area contributed by atoms with Crippen LogP contribution in [0.1, 0.15) is 30.1 Å². The minimum absolute atomic E-state index is 0.434. The van der Waals surface area contributed by atoms with Gasteiger partial charge in [0.15, 0.2) is 0 Å². The van der Waals surface area contributed by atoms with Crippen LogP contribution in [0.15, 0.2) is 18.2 Å². The van der Waals surface area contributed by atoms with Crippen molar-refractivity contribution < 1.29 is 0 Å². The highest BCUT2D eigenvalue weighted by atomic mass is 35.5. The van der Waals surface area contributed by atoms with Crippen molar-refractivity contribution in [3.63, 3.8) is 0 Å². The normalized spacial score (nSPS) is 14.4. The summed E-state index contributed by atoms with van der Waals surface area (Å²) >= 11 is 18.3. The number of hydrogen-bond acceptors (Lipinski definition) is 3. The van der Waals surface area contributed by atoms with E-state index in [0.29, 0.717) is 32.6 Å². The van der Waals surface area contributed by atoms with Gasteiger partial charge in [-0.05, 0) is 38.0 Å². The molecule has 20 heavy (non-hydrogen) atoms. The standard InChI is InChI=1S/C14H12Cl3N3/c1-7-12(17)19-14(8-2-3-8)20-13(7)18-11-6-9(15)4-5-10(11)16/h4-6,8H,2-3H2,1H3,(H,18,19,20). The van der Waals surface area contributed by atoms with Crippen LogP contribution < -0.4 is 5.32 Å². The van der Waals surface area contributed by atoms with Gasteiger partial charge in [-0.25, -0.2) is 9.97 Å². The Hall–Kier alpha value is -1.03. The van der Waals surface area contributed by atoms with Crippen LogP contribution in [0.3, 0.4) is 0 Å². The van der Waals surface area contributed by atoms with Gasteiger partial charge in [-0.15, -0.1) is 0 Å². The van der Waals surface area contributed by atoms with Crippen molar-refractivity contribution in [2.75, 3.05) is 5.32 Å². The summed E-state index contributed by atoms with van der Waals surface area (Å²) in [6.07, 6.45) is 2.24. The van der Waals surface area contributed by atoms with E-state index in [1.165, 1.54) is 0 Å².